The first-order valence-electron chi connectivity index (χ1n) is 5.77. The van der Waals surface area contributed by atoms with Crippen molar-refractivity contribution in [1.82, 2.24) is 15.1 Å². The maximum Gasteiger partial charge on any atom is 0.167 e. The summed E-state index contributed by atoms with van der Waals surface area (Å²) >= 11 is 3.42. The third kappa shape index (κ3) is 1.84. The third-order valence-corrected chi connectivity index (χ3v) is 3.64. The second-order valence-electron chi connectivity index (χ2n) is 4.20. The minimum absolute atomic E-state index is 0.528. The Hall–Kier alpha value is -1.64. The van der Waals surface area contributed by atoms with Gasteiger partial charge in [-0.15, -0.1) is 0 Å². The molecule has 2 heterocycles. The van der Waals surface area contributed by atoms with Gasteiger partial charge in [-0.1, -0.05) is 15.9 Å². The maximum atomic E-state index is 9.14. The molecule has 5 heteroatoms. The molecule has 1 aliphatic heterocycles. The van der Waals surface area contributed by atoms with Crippen molar-refractivity contribution in [2.24, 2.45) is 0 Å². The number of benzene rings is 1. The molecular formula is C13H11BrN4. The number of nitrogens with zero attached hydrogens (tertiary/aromatic N) is 3. The highest BCUT2D eigenvalue weighted by Gasteiger charge is 2.20. The van der Waals surface area contributed by atoms with Crippen LogP contribution in [0.2, 0.25) is 0 Å². The molecule has 1 N–H and O–H groups in total. The first kappa shape index (κ1) is 11.5. The molecule has 0 bridgehead atoms. The van der Waals surface area contributed by atoms with Gasteiger partial charge in [0.15, 0.2) is 5.69 Å². The van der Waals surface area contributed by atoms with Gasteiger partial charge in [0.1, 0.15) is 6.07 Å². The summed E-state index contributed by atoms with van der Waals surface area (Å²) in [4.78, 5) is 0. The van der Waals surface area contributed by atoms with Crippen LogP contribution in [0.5, 0.6) is 0 Å². The van der Waals surface area contributed by atoms with E-state index in [2.05, 4.69) is 32.4 Å². The monoisotopic (exact) mass is 302 g/mol. The van der Waals surface area contributed by atoms with Crippen LogP contribution in [0.15, 0.2) is 28.7 Å². The van der Waals surface area contributed by atoms with Crippen LogP contribution in [-0.4, -0.2) is 16.3 Å². The summed E-state index contributed by atoms with van der Waals surface area (Å²) in [6, 6.07) is 10.1. The van der Waals surface area contributed by atoms with E-state index in [1.165, 1.54) is 0 Å². The molecule has 0 unspecified atom stereocenters. The molecule has 18 heavy (non-hydrogen) atoms. The summed E-state index contributed by atoms with van der Waals surface area (Å²) in [7, 11) is 0. The van der Waals surface area contributed by atoms with Gasteiger partial charge >= 0.3 is 0 Å². The summed E-state index contributed by atoms with van der Waals surface area (Å²) in [5, 5.41) is 16.8. The highest BCUT2D eigenvalue weighted by atomic mass is 79.9. The molecule has 3 rings (SSSR count). The largest absolute Gasteiger partial charge is 0.312 e. The molecule has 0 aliphatic carbocycles. The predicted octanol–water partition coefficient (Wildman–Crippen LogP) is 2.15. The van der Waals surface area contributed by atoms with Crippen LogP contribution in [0.25, 0.3) is 5.69 Å². The zero-order valence-corrected chi connectivity index (χ0v) is 11.2. The molecule has 90 valence electrons. The van der Waals surface area contributed by atoms with E-state index >= 15 is 0 Å². The predicted molar refractivity (Wildman–Crippen MR) is 71.4 cm³/mol. The van der Waals surface area contributed by atoms with E-state index < -0.39 is 0 Å². The van der Waals surface area contributed by atoms with E-state index in [-0.39, 0.29) is 0 Å². The van der Waals surface area contributed by atoms with Gasteiger partial charge < -0.3 is 5.32 Å². The van der Waals surface area contributed by atoms with Gasteiger partial charge in [-0.2, -0.15) is 10.4 Å². The van der Waals surface area contributed by atoms with Crippen LogP contribution in [0, 0.1) is 11.3 Å². The molecule has 0 radical (unpaired) electrons. The van der Waals surface area contributed by atoms with E-state index in [9.17, 15) is 0 Å². The number of hydrogen-bond donors (Lipinski definition) is 1. The number of nitrogens with one attached hydrogen (secondary N) is 1. The van der Waals surface area contributed by atoms with Gasteiger partial charge in [-0.3, -0.25) is 0 Å². The van der Waals surface area contributed by atoms with Crippen molar-refractivity contribution in [3.63, 3.8) is 0 Å². The lowest BCUT2D eigenvalue weighted by molar-refractivity contribution is 0.622. The minimum Gasteiger partial charge on any atom is -0.312 e. The first-order valence-corrected chi connectivity index (χ1v) is 6.56. The maximum absolute atomic E-state index is 9.14. The molecule has 1 aromatic heterocycles. The molecular weight excluding hydrogens is 292 g/mol. The lowest BCUT2D eigenvalue weighted by Gasteiger charge is -2.15. The molecule has 0 fully saturated rings. The number of nitriles is 1. The van der Waals surface area contributed by atoms with Crippen molar-refractivity contribution in [1.29, 1.82) is 5.26 Å². The van der Waals surface area contributed by atoms with Gasteiger partial charge in [0.2, 0.25) is 0 Å². The average molecular weight is 303 g/mol. The van der Waals surface area contributed by atoms with Crippen molar-refractivity contribution < 1.29 is 0 Å². The van der Waals surface area contributed by atoms with Crippen molar-refractivity contribution in [3.8, 4) is 11.8 Å². The van der Waals surface area contributed by atoms with Gasteiger partial charge in [0.05, 0.1) is 11.4 Å². The Kier molecular flexibility index (Phi) is 2.90. The van der Waals surface area contributed by atoms with Gasteiger partial charge in [0.25, 0.3) is 0 Å². The Morgan fingerprint density at radius 1 is 1.33 bits per heavy atom. The topological polar surface area (TPSA) is 53.6 Å². The summed E-state index contributed by atoms with van der Waals surface area (Å²) in [5.41, 5.74) is 3.71. The van der Waals surface area contributed by atoms with Gasteiger partial charge in [-0.25, -0.2) is 4.68 Å². The van der Waals surface area contributed by atoms with E-state index in [1.54, 1.807) is 0 Å². The fourth-order valence-corrected chi connectivity index (χ4v) is 2.50. The molecule has 1 aromatic carbocycles. The normalized spacial score (nSPS) is 14.0. The minimum atomic E-state index is 0.528. The molecule has 4 nitrogen and oxygen atoms in total. The quantitative estimate of drug-likeness (QED) is 0.878. The van der Waals surface area contributed by atoms with E-state index in [0.717, 1.165) is 40.9 Å². The van der Waals surface area contributed by atoms with Gasteiger partial charge in [-0.05, 0) is 24.3 Å². The molecule has 1 aliphatic rings. The first-order chi connectivity index (χ1) is 8.79. The van der Waals surface area contributed by atoms with Crippen LogP contribution in [0.1, 0.15) is 17.0 Å². The second kappa shape index (κ2) is 4.56. The third-order valence-electron chi connectivity index (χ3n) is 3.11. The zero-order valence-electron chi connectivity index (χ0n) is 9.65. The standard InChI is InChI=1S/C13H11BrN4/c14-9-1-3-10(4-2-9)18-13-5-6-16-8-11(13)12(7-15)17-18/h1-4,16H,5-6,8H2. The van der Waals surface area contributed by atoms with Crippen molar-refractivity contribution >= 4 is 15.9 Å². The lowest BCUT2D eigenvalue weighted by Crippen LogP contribution is -2.24. The van der Waals surface area contributed by atoms with Crippen LogP contribution in [-0.2, 0) is 13.0 Å². The number of fused-ring (bicyclic) bond motifs is 1. The van der Waals surface area contributed by atoms with E-state index in [4.69, 9.17) is 5.26 Å². The van der Waals surface area contributed by atoms with Crippen LogP contribution < -0.4 is 5.32 Å². The molecule has 0 saturated carbocycles. The Morgan fingerprint density at radius 2 is 2.11 bits per heavy atom. The molecule has 0 atom stereocenters. The zero-order chi connectivity index (χ0) is 12.5. The van der Waals surface area contributed by atoms with Crippen LogP contribution in [0.3, 0.4) is 0 Å². The average Bonchev–Trinajstić information content (AvgIpc) is 2.79. The van der Waals surface area contributed by atoms with Crippen molar-refractivity contribution in [3.05, 3.63) is 45.7 Å². The number of aromatic nitrogens is 2. The number of halogens is 1. The molecule has 0 saturated heterocycles. The van der Waals surface area contributed by atoms with Crippen molar-refractivity contribution in [2.75, 3.05) is 6.54 Å². The smallest absolute Gasteiger partial charge is 0.167 e. The second-order valence-corrected chi connectivity index (χ2v) is 5.12. The summed E-state index contributed by atoms with van der Waals surface area (Å²) in [5.74, 6) is 0. The molecule has 0 spiro atoms. The lowest BCUT2D eigenvalue weighted by atomic mass is 10.1. The fourth-order valence-electron chi connectivity index (χ4n) is 2.23. The van der Waals surface area contributed by atoms with E-state index in [1.807, 2.05) is 28.9 Å². The Morgan fingerprint density at radius 3 is 2.83 bits per heavy atom. The Bertz CT molecular complexity index is 622. The highest BCUT2D eigenvalue weighted by molar-refractivity contribution is 9.10. The molecule has 0 amide bonds. The highest BCUT2D eigenvalue weighted by Crippen LogP contribution is 2.22. The molecule has 2 aromatic rings. The summed E-state index contributed by atoms with van der Waals surface area (Å²) in [6.07, 6.45) is 0.903. The number of hydrogen-bond acceptors (Lipinski definition) is 3. The van der Waals surface area contributed by atoms with Gasteiger partial charge in [0, 0.05) is 29.5 Å². The Labute approximate surface area is 113 Å². The summed E-state index contributed by atoms with van der Waals surface area (Å²) < 4.78 is 2.93. The van der Waals surface area contributed by atoms with E-state index in [0.29, 0.717) is 5.69 Å². The van der Waals surface area contributed by atoms with Crippen LogP contribution in [0.4, 0.5) is 0 Å². The van der Waals surface area contributed by atoms with Crippen LogP contribution >= 0.6 is 15.9 Å². The summed E-state index contributed by atoms with van der Waals surface area (Å²) in [6.45, 7) is 1.66. The SMILES string of the molecule is N#Cc1nn(-c2ccc(Br)cc2)c2c1CNCC2. The Balaban J connectivity index is 2.15. The number of rotatable bonds is 1. The fraction of sp³-hybridized carbons (Fsp3) is 0.231. The van der Waals surface area contributed by atoms with Crippen molar-refractivity contribution in [2.45, 2.75) is 13.0 Å².